The van der Waals surface area contributed by atoms with Crippen LogP contribution in [0.15, 0.2) is 59.0 Å². The topological polar surface area (TPSA) is 69.6 Å². The van der Waals surface area contributed by atoms with E-state index in [0.717, 1.165) is 23.4 Å². The molecule has 162 valence electrons. The van der Waals surface area contributed by atoms with Crippen LogP contribution in [0.25, 0.3) is 0 Å². The Morgan fingerprint density at radius 3 is 2.61 bits per heavy atom. The summed E-state index contributed by atoms with van der Waals surface area (Å²) in [4.78, 5) is 18.3. The van der Waals surface area contributed by atoms with Crippen molar-refractivity contribution in [3.05, 3.63) is 70.7 Å². The van der Waals surface area contributed by atoms with Crippen LogP contribution in [0.5, 0.6) is 0 Å². The van der Waals surface area contributed by atoms with Crippen LogP contribution in [0.4, 0.5) is 29.7 Å². The Bertz CT molecular complexity index is 1060. The van der Waals surface area contributed by atoms with Gasteiger partial charge in [-0.15, -0.1) is 11.3 Å². The van der Waals surface area contributed by atoms with Gasteiger partial charge in [0.1, 0.15) is 0 Å². The smallest absolute Gasteiger partial charge is 0.378 e. The van der Waals surface area contributed by atoms with Crippen LogP contribution in [-0.2, 0) is 17.4 Å². The van der Waals surface area contributed by atoms with Crippen LogP contribution in [0.1, 0.15) is 16.8 Å². The van der Waals surface area contributed by atoms with Crippen molar-refractivity contribution < 1.29 is 18.0 Å². The second kappa shape index (κ2) is 9.61. The number of benzene rings is 2. The standard InChI is InChI=1S/C21H20F3N5OS/c1-29(2)18-8-6-14(7-9-18)12-25-28-19(30)11-17-13-31-20(27-17)26-16-5-3-4-15(10-16)21(22,23)24/h3-10,12-13H,11H2,1-2H3,(H,26,27)(H,28,30)/b25-12+. The average Bonchev–Trinajstić information content (AvgIpc) is 3.14. The fourth-order valence-electron chi connectivity index (χ4n) is 2.58. The first-order valence-corrected chi connectivity index (χ1v) is 10.1. The molecule has 2 N–H and O–H groups in total. The lowest BCUT2D eigenvalue weighted by molar-refractivity contribution is -0.137. The van der Waals surface area contributed by atoms with Crippen LogP contribution in [0.2, 0.25) is 0 Å². The van der Waals surface area contributed by atoms with Gasteiger partial charge >= 0.3 is 6.18 Å². The number of halogens is 3. The van der Waals surface area contributed by atoms with Crippen LogP contribution >= 0.6 is 11.3 Å². The maximum absolute atomic E-state index is 12.8. The van der Waals surface area contributed by atoms with E-state index < -0.39 is 11.7 Å². The van der Waals surface area contributed by atoms with Gasteiger partial charge < -0.3 is 10.2 Å². The highest BCUT2D eigenvalue weighted by atomic mass is 32.1. The van der Waals surface area contributed by atoms with Crippen molar-refractivity contribution in [2.75, 3.05) is 24.3 Å². The summed E-state index contributed by atoms with van der Waals surface area (Å²) in [6, 6.07) is 12.5. The number of hydrazone groups is 1. The third-order valence-corrected chi connectivity index (χ3v) is 4.95. The molecule has 0 spiro atoms. The summed E-state index contributed by atoms with van der Waals surface area (Å²) in [6.45, 7) is 0. The highest BCUT2D eigenvalue weighted by Gasteiger charge is 2.30. The number of anilines is 3. The van der Waals surface area contributed by atoms with Gasteiger partial charge in [-0.2, -0.15) is 18.3 Å². The first-order valence-electron chi connectivity index (χ1n) is 9.19. The summed E-state index contributed by atoms with van der Waals surface area (Å²) in [5.74, 6) is -0.350. The van der Waals surface area contributed by atoms with Crippen molar-refractivity contribution in [1.29, 1.82) is 0 Å². The lowest BCUT2D eigenvalue weighted by Gasteiger charge is -2.11. The van der Waals surface area contributed by atoms with Gasteiger partial charge in [-0.3, -0.25) is 4.79 Å². The van der Waals surface area contributed by atoms with Crippen molar-refractivity contribution in [2.45, 2.75) is 12.6 Å². The molecule has 0 aliphatic rings. The summed E-state index contributed by atoms with van der Waals surface area (Å²) >= 11 is 1.20. The van der Waals surface area contributed by atoms with Crippen molar-refractivity contribution in [3.63, 3.8) is 0 Å². The van der Waals surface area contributed by atoms with Crippen LogP contribution in [-0.4, -0.2) is 31.2 Å². The molecule has 0 saturated heterocycles. The molecule has 1 heterocycles. The van der Waals surface area contributed by atoms with E-state index in [1.165, 1.54) is 23.5 Å². The lowest BCUT2D eigenvalue weighted by atomic mass is 10.2. The van der Waals surface area contributed by atoms with Gasteiger partial charge in [-0.05, 0) is 35.9 Å². The molecule has 31 heavy (non-hydrogen) atoms. The van der Waals surface area contributed by atoms with E-state index in [0.29, 0.717) is 10.8 Å². The molecule has 3 rings (SSSR count). The number of hydrogen-bond donors (Lipinski definition) is 2. The van der Waals surface area contributed by atoms with Crippen molar-refractivity contribution in [3.8, 4) is 0 Å². The number of alkyl halides is 3. The van der Waals surface area contributed by atoms with Gasteiger partial charge in [0.05, 0.1) is 23.9 Å². The second-order valence-electron chi connectivity index (χ2n) is 6.80. The van der Waals surface area contributed by atoms with E-state index in [9.17, 15) is 18.0 Å². The quantitative estimate of drug-likeness (QED) is 0.408. The first-order chi connectivity index (χ1) is 14.7. The molecule has 0 bridgehead atoms. The number of nitrogens with one attached hydrogen (secondary N) is 2. The van der Waals surface area contributed by atoms with Gasteiger partial charge in [0, 0.05) is 30.9 Å². The zero-order chi connectivity index (χ0) is 22.4. The molecule has 0 aliphatic carbocycles. The Labute approximate surface area is 181 Å². The minimum atomic E-state index is -4.42. The molecule has 0 unspecified atom stereocenters. The van der Waals surface area contributed by atoms with Crippen LogP contribution in [0, 0.1) is 0 Å². The number of rotatable bonds is 7. The normalized spacial score (nSPS) is 11.5. The summed E-state index contributed by atoms with van der Waals surface area (Å²) in [5.41, 5.74) is 4.34. The monoisotopic (exact) mass is 447 g/mol. The minimum absolute atomic E-state index is 0.00230. The molecule has 2 aromatic carbocycles. The number of hydrogen-bond acceptors (Lipinski definition) is 6. The highest BCUT2D eigenvalue weighted by Crippen LogP contribution is 2.31. The first kappa shape index (κ1) is 22.3. The molecule has 0 aliphatic heterocycles. The Morgan fingerprint density at radius 2 is 1.94 bits per heavy atom. The zero-order valence-electron chi connectivity index (χ0n) is 16.8. The number of amides is 1. The molecule has 3 aromatic rings. The molecule has 1 amide bonds. The average molecular weight is 447 g/mol. The van der Waals surface area contributed by atoms with Crippen molar-refractivity contribution >= 4 is 40.0 Å². The number of aromatic nitrogens is 1. The Balaban J connectivity index is 1.53. The van der Waals surface area contributed by atoms with E-state index >= 15 is 0 Å². The third kappa shape index (κ3) is 6.54. The number of carbonyl (C=O) groups excluding carboxylic acids is 1. The molecule has 6 nitrogen and oxygen atoms in total. The Hall–Kier alpha value is -3.40. The fraction of sp³-hybridized carbons (Fsp3) is 0.190. The maximum atomic E-state index is 12.8. The summed E-state index contributed by atoms with van der Waals surface area (Å²) in [5, 5.41) is 8.83. The second-order valence-corrected chi connectivity index (χ2v) is 7.66. The molecule has 0 atom stereocenters. The summed E-state index contributed by atoms with van der Waals surface area (Å²) in [7, 11) is 3.89. The van der Waals surface area contributed by atoms with E-state index in [1.807, 2.05) is 43.3 Å². The van der Waals surface area contributed by atoms with Gasteiger partial charge in [-0.25, -0.2) is 10.4 Å². The minimum Gasteiger partial charge on any atom is -0.378 e. The van der Waals surface area contributed by atoms with E-state index in [4.69, 9.17) is 0 Å². The fourth-order valence-corrected chi connectivity index (χ4v) is 3.31. The molecular formula is C21H20F3N5OS. The molecule has 0 fully saturated rings. The van der Waals surface area contributed by atoms with Crippen molar-refractivity contribution in [2.24, 2.45) is 5.10 Å². The molecule has 0 saturated carbocycles. The number of thiazole rings is 1. The van der Waals surface area contributed by atoms with Gasteiger partial charge in [0.2, 0.25) is 5.91 Å². The predicted octanol–water partition coefficient (Wildman–Crippen LogP) is 4.66. The molecule has 0 radical (unpaired) electrons. The van der Waals surface area contributed by atoms with E-state index in [1.54, 1.807) is 11.6 Å². The number of carbonyl (C=O) groups is 1. The summed E-state index contributed by atoms with van der Waals surface area (Å²) < 4.78 is 38.4. The van der Waals surface area contributed by atoms with Crippen molar-refractivity contribution in [1.82, 2.24) is 10.4 Å². The lowest BCUT2D eigenvalue weighted by Crippen LogP contribution is -2.19. The zero-order valence-corrected chi connectivity index (χ0v) is 17.6. The summed E-state index contributed by atoms with van der Waals surface area (Å²) in [6.07, 6.45) is -2.88. The highest BCUT2D eigenvalue weighted by molar-refractivity contribution is 7.13. The third-order valence-electron chi connectivity index (χ3n) is 4.15. The molecular weight excluding hydrogens is 427 g/mol. The van der Waals surface area contributed by atoms with Crippen LogP contribution < -0.4 is 15.6 Å². The molecule has 1 aromatic heterocycles. The van der Waals surface area contributed by atoms with E-state index in [-0.39, 0.29) is 18.0 Å². The van der Waals surface area contributed by atoms with E-state index in [2.05, 4.69) is 20.8 Å². The van der Waals surface area contributed by atoms with Gasteiger partial charge in [0.25, 0.3) is 0 Å². The SMILES string of the molecule is CN(C)c1ccc(/C=N/NC(=O)Cc2csc(Nc3cccc(C(F)(F)F)c3)n2)cc1. The predicted molar refractivity (Wildman–Crippen MR) is 117 cm³/mol. The largest absolute Gasteiger partial charge is 0.416 e. The Kier molecular flexibility index (Phi) is 6.91. The molecule has 10 heteroatoms. The van der Waals surface area contributed by atoms with Gasteiger partial charge in [0.15, 0.2) is 5.13 Å². The Morgan fingerprint density at radius 1 is 1.19 bits per heavy atom. The van der Waals surface area contributed by atoms with Crippen LogP contribution in [0.3, 0.4) is 0 Å². The number of nitrogens with zero attached hydrogens (tertiary/aromatic N) is 3. The maximum Gasteiger partial charge on any atom is 0.416 e. The van der Waals surface area contributed by atoms with Gasteiger partial charge in [-0.1, -0.05) is 18.2 Å².